The van der Waals surface area contributed by atoms with Gasteiger partial charge in [0.05, 0.1) is 5.41 Å². The van der Waals surface area contributed by atoms with E-state index in [-0.39, 0.29) is 10.8 Å². The van der Waals surface area contributed by atoms with E-state index in [2.05, 4.69) is 196 Å². The molecule has 1 nitrogen and oxygen atoms in total. The molecule has 1 heteroatoms. The molecule has 0 saturated carbocycles. The fourth-order valence-electron chi connectivity index (χ4n) is 8.66. The Morgan fingerprint density at radius 1 is 0.375 bits per heavy atom. The molecule has 0 aliphatic heterocycles. The molecule has 0 bridgehead atoms. The van der Waals surface area contributed by atoms with Gasteiger partial charge >= 0.3 is 0 Å². The molecular formula is C47H37N. The third-order valence-electron chi connectivity index (χ3n) is 10.8. The van der Waals surface area contributed by atoms with Crippen LogP contribution in [-0.2, 0) is 10.8 Å². The number of hydrogen-bond donors (Lipinski definition) is 0. The summed E-state index contributed by atoms with van der Waals surface area (Å²) in [5.41, 5.74) is 17.7. The van der Waals surface area contributed by atoms with E-state index in [1.54, 1.807) is 0 Å². The Morgan fingerprint density at radius 3 is 1.46 bits per heavy atom. The number of benzene rings is 7. The Hall–Kier alpha value is -5.66. The second-order valence-electron chi connectivity index (χ2n) is 13.8. The van der Waals surface area contributed by atoms with E-state index < -0.39 is 0 Å². The van der Waals surface area contributed by atoms with Crippen LogP contribution in [0.1, 0.15) is 52.8 Å². The second-order valence-corrected chi connectivity index (χ2v) is 13.8. The molecule has 0 N–H and O–H groups in total. The molecule has 0 saturated heterocycles. The van der Waals surface area contributed by atoms with Crippen molar-refractivity contribution >= 4 is 17.1 Å². The SMILES string of the molecule is Cc1ccc(N(c2ccccc2)c2ccc(-c3cccc4c3-c3ccccc3C43c4ccccc4C(C)(C)c4ccccc43)cc2)cc1. The number of hydrogen-bond acceptors (Lipinski definition) is 1. The van der Waals surface area contributed by atoms with Crippen molar-refractivity contribution in [2.24, 2.45) is 0 Å². The van der Waals surface area contributed by atoms with Gasteiger partial charge in [-0.25, -0.2) is 0 Å². The van der Waals surface area contributed by atoms with Crippen molar-refractivity contribution in [1.82, 2.24) is 0 Å². The standard InChI is InChI=1S/C47H37N/c1-32-24-28-35(29-25-32)48(34-14-5-4-6-15-34)36-30-26-33(27-31-36)37-17-13-23-44-45(37)38-16-7-8-18-39(38)47(44)42-21-11-9-19-40(42)46(2,3)41-20-10-12-22-43(41)47/h4-31H,1-3H3. The minimum Gasteiger partial charge on any atom is -0.311 e. The average molecular weight is 616 g/mol. The molecule has 0 unspecified atom stereocenters. The number of aryl methyl sites for hydroxylation is 1. The van der Waals surface area contributed by atoms with Gasteiger partial charge in [0.25, 0.3) is 0 Å². The van der Waals surface area contributed by atoms with Crippen LogP contribution in [0.15, 0.2) is 170 Å². The van der Waals surface area contributed by atoms with Crippen molar-refractivity contribution in [2.45, 2.75) is 31.6 Å². The van der Waals surface area contributed by atoms with Gasteiger partial charge in [0.15, 0.2) is 0 Å². The molecule has 2 aliphatic carbocycles. The third-order valence-corrected chi connectivity index (χ3v) is 10.8. The van der Waals surface area contributed by atoms with Gasteiger partial charge in [-0.15, -0.1) is 0 Å². The Bertz CT molecular complexity index is 2260. The van der Waals surface area contributed by atoms with Crippen LogP contribution in [0.4, 0.5) is 17.1 Å². The summed E-state index contributed by atoms with van der Waals surface area (Å²) < 4.78 is 0. The summed E-state index contributed by atoms with van der Waals surface area (Å²) in [6, 6.07) is 62.9. The molecule has 2 aliphatic rings. The van der Waals surface area contributed by atoms with Gasteiger partial charge in [-0.05, 0) is 99.0 Å². The second kappa shape index (κ2) is 10.7. The smallest absolute Gasteiger partial charge is 0.0719 e. The van der Waals surface area contributed by atoms with Gasteiger partial charge in [-0.3, -0.25) is 0 Å². The minimum absolute atomic E-state index is 0.106. The summed E-state index contributed by atoms with van der Waals surface area (Å²) in [5.74, 6) is 0. The molecule has 9 rings (SSSR count). The van der Waals surface area contributed by atoms with Crippen molar-refractivity contribution in [2.75, 3.05) is 4.90 Å². The Labute approximate surface area is 283 Å². The monoisotopic (exact) mass is 615 g/mol. The van der Waals surface area contributed by atoms with E-state index in [1.807, 2.05) is 0 Å². The van der Waals surface area contributed by atoms with Gasteiger partial charge in [0.1, 0.15) is 0 Å². The lowest BCUT2D eigenvalue weighted by Gasteiger charge is -2.46. The summed E-state index contributed by atoms with van der Waals surface area (Å²) in [5, 5.41) is 0. The topological polar surface area (TPSA) is 3.24 Å². The molecule has 0 amide bonds. The fourth-order valence-corrected chi connectivity index (χ4v) is 8.66. The number of fused-ring (bicyclic) bond motifs is 9. The largest absolute Gasteiger partial charge is 0.311 e. The first kappa shape index (κ1) is 28.6. The highest BCUT2D eigenvalue weighted by Crippen LogP contribution is 2.63. The molecule has 0 atom stereocenters. The predicted molar refractivity (Wildman–Crippen MR) is 201 cm³/mol. The van der Waals surface area contributed by atoms with E-state index in [9.17, 15) is 0 Å². The molecule has 0 heterocycles. The highest BCUT2D eigenvalue weighted by molar-refractivity contribution is 5.96. The van der Waals surface area contributed by atoms with E-state index in [1.165, 1.54) is 61.2 Å². The van der Waals surface area contributed by atoms with Gasteiger partial charge in [-0.2, -0.15) is 0 Å². The maximum absolute atomic E-state index is 2.38. The van der Waals surface area contributed by atoms with Gasteiger partial charge in [0.2, 0.25) is 0 Å². The molecule has 0 aromatic heterocycles. The molecule has 7 aromatic rings. The summed E-state index contributed by atoms with van der Waals surface area (Å²) in [6.07, 6.45) is 0. The van der Waals surface area contributed by atoms with Crippen molar-refractivity contribution in [1.29, 1.82) is 0 Å². The third kappa shape index (κ3) is 3.97. The molecular weight excluding hydrogens is 579 g/mol. The summed E-state index contributed by atoms with van der Waals surface area (Å²) >= 11 is 0. The lowest BCUT2D eigenvalue weighted by Crippen LogP contribution is -2.40. The molecule has 1 spiro atoms. The molecule has 7 aromatic carbocycles. The van der Waals surface area contributed by atoms with Crippen LogP contribution in [0.25, 0.3) is 22.3 Å². The number of anilines is 3. The number of para-hydroxylation sites is 1. The van der Waals surface area contributed by atoms with Crippen LogP contribution in [0, 0.1) is 6.92 Å². The summed E-state index contributed by atoms with van der Waals surface area (Å²) in [6.45, 7) is 6.90. The Kier molecular flexibility index (Phi) is 6.36. The zero-order valence-corrected chi connectivity index (χ0v) is 27.6. The van der Waals surface area contributed by atoms with Crippen LogP contribution in [0.3, 0.4) is 0 Å². The number of nitrogens with zero attached hydrogens (tertiary/aromatic N) is 1. The van der Waals surface area contributed by atoms with Crippen LogP contribution in [0.2, 0.25) is 0 Å². The van der Waals surface area contributed by atoms with Crippen molar-refractivity contribution in [3.8, 4) is 22.3 Å². The van der Waals surface area contributed by atoms with Crippen LogP contribution >= 0.6 is 0 Å². The first-order valence-electron chi connectivity index (χ1n) is 17.0. The van der Waals surface area contributed by atoms with Crippen LogP contribution in [-0.4, -0.2) is 0 Å². The summed E-state index contributed by atoms with van der Waals surface area (Å²) in [7, 11) is 0. The van der Waals surface area contributed by atoms with Gasteiger partial charge in [-0.1, -0.05) is 153 Å². The van der Waals surface area contributed by atoms with Crippen LogP contribution < -0.4 is 4.90 Å². The minimum atomic E-state index is -0.389. The number of rotatable bonds is 4. The van der Waals surface area contributed by atoms with E-state index >= 15 is 0 Å². The van der Waals surface area contributed by atoms with E-state index in [4.69, 9.17) is 0 Å². The first-order chi connectivity index (χ1) is 23.5. The molecule has 48 heavy (non-hydrogen) atoms. The fraction of sp³-hybridized carbons (Fsp3) is 0.106. The molecule has 0 fully saturated rings. The Balaban J connectivity index is 1.25. The van der Waals surface area contributed by atoms with Crippen LogP contribution in [0.5, 0.6) is 0 Å². The average Bonchev–Trinajstić information content (AvgIpc) is 3.44. The maximum Gasteiger partial charge on any atom is 0.0719 e. The zero-order valence-electron chi connectivity index (χ0n) is 27.6. The highest BCUT2D eigenvalue weighted by Gasteiger charge is 2.53. The van der Waals surface area contributed by atoms with Gasteiger partial charge < -0.3 is 4.90 Å². The zero-order chi connectivity index (χ0) is 32.5. The quantitative estimate of drug-likeness (QED) is 0.190. The van der Waals surface area contributed by atoms with E-state index in [0.717, 1.165) is 17.1 Å². The van der Waals surface area contributed by atoms with E-state index in [0.29, 0.717) is 0 Å². The lowest BCUT2D eigenvalue weighted by atomic mass is 9.55. The molecule has 230 valence electrons. The summed E-state index contributed by atoms with van der Waals surface area (Å²) in [4.78, 5) is 2.33. The predicted octanol–water partition coefficient (Wildman–Crippen LogP) is 12.1. The van der Waals surface area contributed by atoms with Gasteiger partial charge in [0, 0.05) is 22.5 Å². The lowest BCUT2D eigenvalue weighted by molar-refractivity contribution is 0.563. The normalized spacial score (nSPS) is 14.5. The van der Waals surface area contributed by atoms with Crippen molar-refractivity contribution in [3.63, 3.8) is 0 Å². The Morgan fingerprint density at radius 2 is 0.833 bits per heavy atom. The molecule has 0 radical (unpaired) electrons. The van der Waals surface area contributed by atoms with Crippen molar-refractivity contribution < 1.29 is 0 Å². The maximum atomic E-state index is 2.38. The highest BCUT2D eigenvalue weighted by atomic mass is 15.1. The first-order valence-corrected chi connectivity index (χ1v) is 17.0. The van der Waals surface area contributed by atoms with Crippen molar-refractivity contribution in [3.05, 3.63) is 209 Å².